The lowest BCUT2D eigenvalue weighted by Gasteiger charge is -2.27. The molecule has 0 atom stereocenters. The van der Waals surface area contributed by atoms with E-state index >= 15 is 0 Å². The first-order valence-corrected chi connectivity index (χ1v) is 7.48. The fourth-order valence-electron chi connectivity index (χ4n) is 2.86. The van der Waals surface area contributed by atoms with Gasteiger partial charge in [-0.1, -0.05) is 43.9 Å². The van der Waals surface area contributed by atoms with Crippen LogP contribution in [0.1, 0.15) is 49.7 Å². The highest BCUT2D eigenvalue weighted by Gasteiger charge is 2.30. The lowest BCUT2D eigenvalue weighted by molar-refractivity contribution is -0.137. The summed E-state index contributed by atoms with van der Waals surface area (Å²) >= 11 is 0. The van der Waals surface area contributed by atoms with Crippen LogP contribution in [-0.4, -0.2) is 17.3 Å². The number of rotatable bonds is 4. The first-order valence-electron chi connectivity index (χ1n) is 7.48. The summed E-state index contributed by atoms with van der Waals surface area (Å²) in [6, 6.07) is 5.31. The van der Waals surface area contributed by atoms with Crippen LogP contribution >= 0.6 is 0 Å². The topological polar surface area (TPSA) is 32.3 Å². The Morgan fingerprint density at radius 1 is 1.10 bits per heavy atom. The average Bonchev–Trinajstić information content (AvgIpc) is 2.63. The molecule has 0 spiro atoms. The first-order chi connectivity index (χ1) is 9.89. The van der Waals surface area contributed by atoms with Gasteiger partial charge in [-0.15, -0.1) is 0 Å². The van der Waals surface area contributed by atoms with Gasteiger partial charge in [-0.3, -0.25) is 0 Å². The molecule has 0 saturated heterocycles. The van der Waals surface area contributed by atoms with Gasteiger partial charge in [0.25, 0.3) is 0 Å². The van der Waals surface area contributed by atoms with E-state index in [1.807, 2.05) is 0 Å². The van der Waals surface area contributed by atoms with Gasteiger partial charge in [0, 0.05) is 13.1 Å². The van der Waals surface area contributed by atoms with Crippen molar-refractivity contribution in [2.24, 2.45) is 0 Å². The molecule has 1 aromatic carbocycles. The van der Waals surface area contributed by atoms with Crippen molar-refractivity contribution >= 4 is 0 Å². The van der Waals surface area contributed by atoms with Crippen molar-refractivity contribution < 1.29 is 18.3 Å². The zero-order valence-electron chi connectivity index (χ0n) is 12.0. The predicted molar refractivity (Wildman–Crippen MR) is 75.8 cm³/mol. The van der Waals surface area contributed by atoms with Crippen molar-refractivity contribution in [1.29, 1.82) is 0 Å². The molecule has 118 valence electrons. The van der Waals surface area contributed by atoms with Gasteiger partial charge < -0.3 is 10.4 Å². The second-order valence-corrected chi connectivity index (χ2v) is 5.94. The highest BCUT2D eigenvalue weighted by Crippen LogP contribution is 2.30. The Labute approximate surface area is 123 Å². The van der Waals surface area contributed by atoms with Crippen LogP contribution in [-0.2, 0) is 12.7 Å². The molecular weight excluding hydrogens is 279 g/mol. The highest BCUT2D eigenvalue weighted by atomic mass is 19.4. The normalized spacial score (nSPS) is 19.2. The molecule has 5 heteroatoms. The summed E-state index contributed by atoms with van der Waals surface area (Å²) in [5.41, 5.74) is -0.755. The van der Waals surface area contributed by atoms with Crippen molar-refractivity contribution in [3.63, 3.8) is 0 Å². The average molecular weight is 301 g/mol. The fourth-order valence-corrected chi connectivity index (χ4v) is 2.86. The minimum atomic E-state index is -4.31. The summed E-state index contributed by atoms with van der Waals surface area (Å²) in [5.74, 6) is 0. The van der Waals surface area contributed by atoms with Crippen LogP contribution in [0.25, 0.3) is 0 Å². The van der Waals surface area contributed by atoms with Crippen molar-refractivity contribution in [3.05, 3.63) is 35.4 Å². The maximum absolute atomic E-state index is 12.6. The van der Waals surface area contributed by atoms with Crippen molar-refractivity contribution in [2.45, 2.75) is 56.8 Å². The number of aliphatic hydroxyl groups is 1. The molecule has 0 amide bonds. The Morgan fingerprint density at radius 3 is 2.38 bits per heavy atom. The van der Waals surface area contributed by atoms with E-state index in [9.17, 15) is 18.3 Å². The third-order valence-electron chi connectivity index (χ3n) is 4.07. The quantitative estimate of drug-likeness (QED) is 0.827. The summed E-state index contributed by atoms with van der Waals surface area (Å²) in [4.78, 5) is 0. The fraction of sp³-hybridized carbons (Fsp3) is 0.625. The molecule has 2 N–H and O–H groups in total. The van der Waals surface area contributed by atoms with Gasteiger partial charge in [-0.05, 0) is 24.5 Å². The van der Waals surface area contributed by atoms with Crippen LogP contribution < -0.4 is 5.32 Å². The third kappa shape index (κ3) is 5.00. The maximum Gasteiger partial charge on any atom is 0.416 e. The molecule has 1 saturated carbocycles. The van der Waals surface area contributed by atoms with E-state index in [1.54, 1.807) is 6.07 Å². The second-order valence-electron chi connectivity index (χ2n) is 5.94. The summed E-state index contributed by atoms with van der Waals surface area (Å²) in [6.07, 6.45) is 1.55. The van der Waals surface area contributed by atoms with E-state index in [2.05, 4.69) is 5.32 Å². The molecule has 0 heterocycles. The van der Waals surface area contributed by atoms with Gasteiger partial charge in [0.15, 0.2) is 0 Å². The molecule has 2 rings (SSSR count). The lowest BCUT2D eigenvalue weighted by Crippen LogP contribution is -2.39. The van der Waals surface area contributed by atoms with Gasteiger partial charge >= 0.3 is 6.18 Å². The van der Waals surface area contributed by atoms with E-state index in [-0.39, 0.29) is 0 Å². The lowest BCUT2D eigenvalue weighted by atomic mass is 9.94. The molecule has 1 fully saturated rings. The monoisotopic (exact) mass is 301 g/mol. The van der Waals surface area contributed by atoms with Crippen LogP contribution in [0.4, 0.5) is 13.2 Å². The smallest absolute Gasteiger partial charge is 0.389 e. The minimum absolute atomic E-state index is 0.340. The third-order valence-corrected chi connectivity index (χ3v) is 4.07. The van der Waals surface area contributed by atoms with Gasteiger partial charge in [0.05, 0.1) is 11.2 Å². The molecule has 21 heavy (non-hydrogen) atoms. The van der Waals surface area contributed by atoms with Crippen molar-refractivity contribution in [1.82, 2.24) is 5.32 Å². The Morgan fingerprint density at radius 2 is 1.76 bits per heavy atom. The standard InChI is InChI=1S/C16H22F3NO/c17-16(18,19)14-7-5-6-13(10-14)11-20-12-15(21)8-3-1-2-4-9-15/h5-7,10,20-21H,1-4,8-9,11-12H2. The molecule has 0 bridgehead atoms. The Hall–Kier alpha value is -1.07. The first kappa shape index (κ1) is 16.3. The largest absolute Gasteiger partial charge is 0.416 e. The van der Waals surface area contributed by atoms with E-state index in [4.69, 9.17) is 0 Å². The Bertz CT molecular complexity index is 451. The van der Waals surface area contributed by atoms with Crippen LogP contribution in [0.3, 0.4) is 0 Å². The highest BCUT2D eigenvalue weighted by molar-refractivity contribution is 5.25. The molecule has 0 aromatic heterocycles. The number of hydrogen-bond acceptors (Lipinski definition) is 2. The van der Waals surface area contributed by atoms with E-state index in [1.165, 1.54) is 6.07 Å². The molecule has 1 aromatic rings. The molecular formula is C16H22F3NO. The van der Waals surface area contributed by atoms with Gasteiger partial charge in [-0.2, -0.15) is 13.2 Å². The van der Waals surface area contributed by atoms with Crippen molar-refractivity contribution in [2.75, 3.05) is 6.54 Å². The number of alkyl halides is 3. The minimum Gasteiger partial charge on any atom is -0.389 e. The maximum atomic E-state index is 12.6. The summed E-state index contributed by atoms with van der Waals surface area (Å²) in [5, 5.41) is 13.6. The SMILES string of the molecule is OC1(CNCc2cccc(C(F)(F)F)c2)CCCCCC1. The van der Waals surface area contributed by atoms with E-state index < -0.39 is 17.3 Å². The zero-order chi connectivity index (χ0) is 15.3. The van der Waals surface area contributed by atoms with Crippen LogP contribution in [0.15, 0.2) is 24.3 Å². The molecule has 1 aliphatic carbocycles. The number of benzene rings is 1. The zero-order valence-corrected chi connectivity index (χ0v) is 12.0. The molecule has 2 nitrogen and oxygen atoms in total. The Balaban J connectivity index is 1.88. The summed E-state index contributed by atoms with van der Waals surface area (Å²) in [7, 11) is 0. The number of halogens is 3. The second kappa shape index (κ2) is 6.79. The van der Waals surface area contributed by atoms with E-state index in [0.717, 1.165) is 50.7 Å². The van der Waals surface area contributed by atoms with Gasteiger partial charge in [-0.25, -0.2) is 0 Å². The van der Waals surface area contributed by atoms with Gasteiger partial charge in [0.2, 0.25) is 0 Å². The number of nitrogens with one attached hydrogen (secondary N) is 1. The summed E-state index contributed by atoms with van der Waals surface area (Å²) < 4.78 is 37.9. The molecule has 1 aliphatic rings. The predicted octanol–water partition coefficient (Wildman–Crippen LogP) is 3.88. The van der Waals surface area contributed by atoms with Crippen LogP contribution in [0.2, 0.25) is 0 Å². The molecule has 0 aliphatic heterocycles. The summed E-state index contributed by atoms with van der Waals surface area (Å²) in [6.45, 7) is 0.773. The molecule has 0 unspecified atom stereocenters. The molecule has 0 radical (unpaired) electrons. The van der Waals surface area contributed by atoms with E-state index in [0.29, 0.717) is 18.7 Å². The van der Waals surface area contributed by atoms with Crippen molar-refractivity contribution in [3.8, 4) is 0 Å². The van der Waals surface area contributed by atoms with Gasteiger partial charge in [0.1, 0.15) is 0 Å². The number of hydrogen-bond donors (Lipinski definition) is 2. The van der Waals surface area contributed by atoms with Crippen LogP contribution in [0, 0.1) is 0 Å². The Kier molecular flexibility index (Phi) is 5.27. The van der Waals surface area contributed by atoms with Crippen LogP contribution in [0.5, 0.6) is 0 Å².